The summed E-state index contributed by atoms with van der Waals surface area (Å²) < 4.78 is 6.95. The number of halogens is 1. The Hall–Kier alpha value is -2.01. The van der Waals surface area contributed by atoms with Gasteiger partial charge in [0, 0.05) is 30.5 Å². The van der Waals surface area contributed by atoms with Crippen molar-refractivity contribution in [3.8, 4) is 5.75 Å². The second kappa shape index (κ2) is 6.43. The third-order valence-corrected chi connectivity index (χ3v) is 3.25. The quantitative estimate of drug-likeness (QED) is 0.921. The largest absolute Gasteiger partial charge is 0.495 e. The number of hydrogen-bond acceptors (Lipinski definition) is 3. The van der Waals surface area contributed by atoms with E-state index in [-0.39, 0.29) is 11.9 Å². The average Bonchev–Trinajstić information content (AvgIpc) is 2.92. The number of carbonyl (C=O) groups is 1. The Morgan fingerprint density at radius 1 is 1.55 bits per heavy atom. The minimum absolute atomic E-state index is 0.0474. The van der Waals surface area contributed by atoms with E-state index < -0.39 is 0 Å². The van der Waals surface area contributed by atoms with Crippen molar-refractivity contribution in [2.75, 3.05) is 12.4 Å². The first kappa shape index (κ1) is 14.4. The van der Waals surface area contributed by atoms with Gasteiger partial charge in [-0.2, -0.15) is 0 Å². The van der Waals surface area contributed by atoms with Crippen LogP contribution in [0.2, 0.25) is 5.02 Å². The van der Waals surface area contributed by atoms with Crippen LogP contribution in [0.15, 0.2) is 36.9 Å². The van der Waals surface area contributed by atoms with Crippen LogP contribution < -0.4 is 10.1 Å². The Morgan fingerprint density at radius 2 is 2.35 bits per heavy atom. The molecule has 0 aliphatic heterocycles. The van der Waals surface area contributed by atoms with Gasteiger partial charge in [0.05, 0.1) is 18.5 Å². The summed E-state index contributed by atoms with van der Waals surface area (Å²) in [5.74, 6) is 0.504. The Labute approximate surface area is 122 Å². The number of anilines is 1. The van der Waals surface area contributed by atoms with Crippen molar-refractivity contribution in [1.29, 1.82) is 0 Å². The summed E-state index contributed by atoms with van der Waals surface area (Å²) in [6, 6.07) is 5.19. The summed E-state index contributed by atoms with van der Waals surface area (Å²) >= 11 is 6.01. The first-order valence-corrected chi connectivity index (χ1v) is 6.58. The van der Waals surface area contributed by atoms with E-state index in [1.807, 2.05) is 17.7 Å². The lowest BCUT2D eigenvalue weighted by molar-refractivity contribution is -0.116. The summed E-state index contributed by atoms with van der Waals surface area (Å²) in [6.07, 6.45) is 5.59. The first-order chi connectivity index (χ1) is 9.60. The second-order valence-electron chi connectivity index (χ2n) is 4.46. The van der Waals surface area contributed by atoms with Crippen molar-refractivity contribution < 1.29 is 9.53 Å². The first-order valence-electron chi connectivity index (χ1n) is 6.21. The zero-order valence-electron chi connectivity index (χ0n) is 11.3. The Balaban J connectivity index is 1.96. The molecule has 0 saturated carbocycles. The Kier molecular flexibility index (Phi) is 4.63. The lowest BCUT2D eigenvalue weighted by Crippen LogP contribution is -2.16. The van der Waals surface area contributed by atoms with Gasteiger partial charge in [0.1, 0.15) is 5.75 Å². The van der Waals surface area contributed by atoms with Crippen LogP contribution in [0.1, 0.15) is 19.4 Å². The summed E-state index contributed by atoms with van der Waals surface area (Å²) in [5.41, 5.74) is 0.652. The highest BCUT2D eigenvalue weighted by Crippen LogP contribution is 2.27. The Bertz CT molecular complexity index is 584. The molecule has 0 saturated heterocycles. The second-order valence-corrected chi connectivity index (χ2v) is 4.87. The van der Waals surface area contributed by atoms with Gasteiger partial charge < -0.3 is 14.6 Å². The molecule has 1 aromatic heterocycles. The molecule has 6 heteroatoms. The highest BCUT2D eigenvalue weighted by molar-refractivity contribution is 6.32. The lowest BCUT2D eigenvalue weighted by atomic mass is 10.2. The number of nitrogens with zero attached hydrogens (tertiary/aromatic N) is 2. The third-order valence-electron chi connectivity index (χ3n) is 2.95. The molecule has 20 heavy (non-hydrogen) atoms. The molecule has 1 N–H and O–H groups in total. The van der Waals surface area contributed by atoms with Gasteiger partial charge in [-0.05, 0) is 25.1 Å². The molecule has 106 valence electrons. The van der Waals surface area contributed by atoms with E-state index in [1.165, 1.54) is 0 Å². The fourth-order valence-corrected chi connectivity index (χ4v) is 2.12. The van der Waals surface area contributed by atoms with Crippen LogP contribution in [0, 0.1) is 0 Å². The van der Waals surface area contributed by atoms with E-state index >= 15 is 0 Å². The molecular formula is C14H16ClN3O2. The standard InChI is InChI=1S/C14H16ClN3O2/c1-10(18-6-5-16-9-18)7-14(19)17-11-3-4-13(20-2)12(15)8-11/h3-6,8-10H,7H2,1-2H3,(H,17,19)/t10-/m0/s1. The fourth-order valence-electron chi connectivity index (χ4n) is 1.86. The highest BCUT2D eigenvalue weighted by Gasteiger charge is 2.11. The maximum absolute atomic E-state index is 12.0. The molecule has 0 bridgehead atoms. The number of rotatable bonds is 5. The number of benzene rings is 1. The summed E-state index contributed by atoms with van der Waals surface area (Å²) in [4.78, 5) is 15.9. The molecule has 1 heterocycles. The van der Waals surface area contributed by atoms with Crippen molar-refractivity contribution in [3.63, 3.8) is 0 Å². The molecule has 2 aromatic rings. The lowest BCUT2D eigenvalue weighted by Gasteiger charge is -2.13. The number of methoxy groups -OCH3 is 1. The van der Waals surface area contributed by atoms with Crippen molar-refractivity contribution in [1.82, 2.24) is 9.55 Å². The third kappa shape index (κ3) is 3.51. The van der Waals surface area contributed by atoms with E-state index in [0.29, 0.717) is 22.9 Å². The van der Waals surface area contributed by atoms with Crippen molar-refractivity contribution in [3.05, 3.63) is 41.9 Å². The number of amides is 1. The molecule has 0 aliphatic rings. The minimum atomic E-state index is -0.0765. The normalized spacial score (nSPS) is 11.9. The van der Waals surface area contributed by atoms with E-state index in [0.717, 1.165) is 0 Å². The fraction of sp³-hybridized carbons (Fsp3) is 0.286. The summed E-state index contributed by atoms with van der Waals surface area (Å²) in [7, 11) is 1.55. The van der Waals surface area contributed by atoms with Crippen LogP contribution in [0.4, 0.5) is 5.69 Å². The number of hydrogen-bond donors (Lipinski definition) is 1. The summed E-state index contributed by atoms with van der Waals surface area (Å²) in [6.45, 7) is 1.96. The summed E-state index contributed by atoms with van der Waals surface area (Å²) in [5, 5.41) is 3.28. The molecule has 2 rings (SSSR count). The van der Waals surface area contributed by atoms with E-state index in [1.54, 1.807) is 37.8 Å². The number of nitrogens with one attached hydrogen (secondary N) is 1. The van der Waals surface area contributed by atoms with Gasteiger partial charge in [-0.15, -0.1) is 0 Å². The topological polar surface area (TPSA) is 56.1 Å². The maximum Gasteiger partial charge on any atom is 0.226 e. The molecular weight excluding hydrogens is 278 g/mol. The van der Waals surface area contributed by atoms with E-state index in [9.17, 15) is 4.79 Å². The molecule has 0 radical (unpaired) electrons. The van der Waals surface area contributed by atoms with Crippen molar-refractivity contribution in [2.45, 2.75) is 19.4 Å². The van der Waals surface area contributed by atoms with Crippen LogP contribution in [0.3, 0.4) is 0 Å². The van der Waals surface area contributed by atoms with Gasteiger partial charge in [-0.1, -0.05) is 11.6 Å². The van der Waals surface area contributed by atoms with Gasteiger partial charge in [0.25, 0.3) is 0 Å². The zero-order valence-corrected chi connectivity index (χ0v) is 12.1. The van der Waals surface area contributed by atoms with Crippen LogP contribution in [-0.4, -0.2) is 22.6 Å². The predicted molar refractivity (Wildman–Crippen MR) is 78.2 cm³/mol. The van der Waals surface area contributed by atoms with Crippen LogP contribution >= 0.6 is 11.6 Å². The predicted octanol–water partition coefficient (Wildman–Crippen LogP) is 3.13. The van der Waals surface area contributed by atoms with E-state index in [2.05, 4.69) is 10.3 Å². The van der Waals surface area contributed by atoms with Gasteiger partial charge in [0.2, 0.25) is 5.91 Å². The number of aromatic nitrogens is 2. The van der Waals surface area contributed by atoms with Gasteiger partial charge >= 0.3 is 0 Å². The molecule has 5 nitrogen and oxygen atoms in total. The molecule has 1 aromatic carbocycles. The van der Waals surface area contributed by atoms with E-state index in [4.69, 9.17) is 16.3 Å². The minimum Gasteiger partial charge on any atom is -0.495 e. The number of imidazole rings is 1. The molecule has 1 amide bonds. The van der Waals surface area contributed by atoms with Crippen molar-refractivity contribution in [2.24, 2.45) is 0 Å². The van der Waals surface area contributed by atoms with Gasteiger partial charge in [-0.3, -0.25) is 4.79 Å². The van der Waals surface area contributed by atoms with Crippen LogP contribution in [0.25, 0.3) is 0 Å². The van der Waals surface area contributed by atoms with Crippen LogP contribution in [0.5, 0.6) is 5.75 Å². The molecule has 1 atom stereocenters. The molecule has 0 unspecified atom stereocenters. The highest BCUT2D eigenvalue weighted by atomic mass is 35.5. The van der Waals surface area contributed by atoms with Gasteiger partial charge in [-0.25, -0.2) is 4.98 Å². The Morgan fingerprint density at radius 3 is 2.95 bits per heavy atom. The SMILES string of the molecule is COc1ccc(NC(=O)C[C@H](C)n2ccnc2)cc1Cl. The van der Waals surface area contributed by atoms with Gasteiger partial charge in [0.15, 0.2) is 0 Å². The zero-order chi connectivity index (χ0) is 14.5. The monoisotopic (exact) mass is 293 g/mol. The number of ether oxygens (including phenoxy) is 1. The average molecular weight is 294 g/mol. The molecule has 0 fully saturated rings. The smallest absolute Gasteiger partial charge is 0.226 e. The maximum atomic E-state index is 12.0. The van der Waals surface area contributed by atoms with Crippen molar-refractivity contribution >= 4 is 23.2 Å². The van der Waals surface area contributed by atoms with Crippen LogP contribution in [-0.2, 0) is 4.79 Å². The molecule has 0 spiro atoms. The molecule has 0 aliphatic carbocycles. The number of carbonyl (C=O) groups excluding carboxylic acids is 1.